The summed E-state index contributed by atoms with van der Waals surface area (Å²) in [6.07, 6.45) is 1.01. The van der Waals surface area contributed by atoms with Crippen molar-refractivity contribution in [3.8, 4) is 11.3 Å². The molecule has 160 valence electrons. The van der Waals surface area contributed by atoms with Crippen LogP contribution >= 0.6 is 11.6 Å². The Balaban J connectivity index is 1.43. The number of fused-ring (bicyclic) bond motifs is 1. The molecule has 0 atom stereocenters. The first-order valence-corrected chi connectivity index (χ1v) is 11.1. The Morgan fingerprint density at radius 1 is 0.871 bits per heavy atom. The van der Waals surface area contributed by atoms with Crippen LogP contribution in [-0.4, -0.2) is 54.6 Å². The van der Waals surface area contributed by atoms with Gasteiger partial charge >= 0.3 is 0 Å². The molecule has 2 N–H and O–H groups in total. The first-order chi connectivity index (χ1) is 15.0. The second-order valence-electron chi connectivity index (χ2n) is 8.39. The van der Waals surface area contributed by atoms with Gasteiger partial charge in [0.2, 0.25) is 5.95 Å². The van der Waals surface area contributed by atoms with E-state index < -0.39 is 0 Å². The van der Waals surface area contributed by atoms with Gasteiger partial charge in [0.05, 0.1) is 5.69 Å². The van der Waals surface area contributed by atoms with E-state index in [-0.39, 0.29) is 0 Å². The zero-order chi connectivity index (χ0) is 21.4. The highest BCUT2D eigenvalue weighted by Gasteiger charge is 2.20. The first-order valence-electron chi connectivity index (χ1n) is 10.8. The van der Waals surface area contributed by atoms with Crippen LogP contribution in [0.1, 0.15) is 11.1 Å². The molecule has 0 aliphatic carbocycles. The molecule has 2 aliphatic rings. The molecular formula is C24H27ClN6. The Morgan fingerprint density at radius 3 is 2.52 bits per heavy atom. The van der Waals surface area contributed by atoms with Crippen LogP contribution in [0.3, 0.4) is 0 Å². The van der Waals surface area contributed by atoms with Crippen molar-refractivity contribution in [2.75, 3.05) is 55.3 Å². The summed E-state index contributed by atoms with van der Waals surface area (Å²) in [4.78, 5) is 16.1. The van der Waals surface area contributed by atoms with Crippen molar-refractivity contribution in [1.29, 1.82) is 0 Å². The molecule has 1 fully saturated rings. The van der Waals surface area contributed by atoms with Gasteiger partial charge in [0.25, 0.3) is 0 Å². The maximum atomic E-state index is 6.21. The van der Waals surface area contributed by atoms with Gasteiger partial charge in [-0.3, -0.25) is 0 Å². The number of hydrogen-bond donors (Lipinski definition) is 1. The lowest BCUT2D eigenvalue weighted by Crippen LogP contribution is -2.44. The quantitative estimate of drug-likeness (QED) is 0.678. The van der Waals surface area contributed by atoms with E-state index in [0.717, 1.165) is 73.5 Å². The smallest absolute Gasteiger partial charge is 0.222 e. The molecule has 0 radical (unpaired) electrons. The molecule has 5 rings (SSSR count). The number of anilines is 3. The molecule has 1 aromatic heterocycles. The molecule has 0 saturated carbocycles. The van der Waals surface area contributed by atoms with E-state index in [1.165, 1.54) is 11.1 Å². The van der Waals surface area contributed by atoms with Crippen molar-refractivity contribution < 1.29 is 0 Å². The fourth-order valence-electron chi connectivity index (χ4n) is 4.41. The minimum absolute atomic E-state index is 0.324. The minimum atomic E-state index is 0.324. The summed E-state index contributed by atoms with van der Waals surface area (Å²) in [6, 6.07) is 16.8. The van der Waals surface area contributed by atoms with Crippen molar-refractivity contribution in [2.45, 2.75) is 13.0 Å². The van der Waals surface area contributed by atoms with E-state index in [1.807, 2.05) is 18.2 Å². The van der Waals surface area contributed by atoms with E-state index in [2.05, 4.69) is 62.0 Å². The molecule has 0 spiro atoms. The third kappa shape index (κ3) is 4.31. The van der Waals surface area contributed by atoms with Gasteiger partial charge < -0.3 is 20.4 Å². The maximum absolute atomic E-state index is 6.21. The summed E-state index contributed by atoms with van der Waals surface area (Å²) < 4.78 is 0. The summed E-state index contributed by atoms with van der Waals surface area (Å²) in [5.74, 6) is 1.23. The minimum Gasteiger partial charge on any atom is -0.368 e. The van der Waals surface area contributed by atoms with E-state index in [4.69, 9.17) is 17.3 Å². The molecule has 2 aliphatic heterocycles. The summed E-state index contributed by atoms with van der Waals surface area (Å²) in [5.41, 5.74) is 11.9. The van der Waals surface area contributed by atoms with Gasteiger partial charge in [0, 0.05) is 61.6 Å². The number of aromatic nitrogens is 2. The number of likely N-dealkylation sites (N-methyl/N-ethyl adjacent to an activating group) is 1. The van der Waals surface area contributed by atoms with Gasteiger partial charge in [0.1, 0.15) is 5.82 Å². The van der Waals surface area contributed by atoms with E-state index in [1.54, 1.807) is 0 Å². The molecule has 1 saturated heterocycles. The van der Waals surface area contributed by atoms with Crippen LogP contribution < -0.4 is 15.5 Å². The summed E-state index contributed by atoms with van der Waals surface area (Å²) >= 11 is 6.21. The Labute approximate surface area is 188 Å². The fourth-order valence-corrected chi connectivity index (χ4v) is 4.59. The number of piperazine rings is 1. The molecule has 0 bridgehead atoms. The second kappa shape index (κ2) is 8.36. The van der Waals surface area contributed by atoms with E-state index in [9.17, 15) is 0 Å². The van der Waals surface area contributed by atoms with Gasteiger partial charge in [0.15, 0.2) is 0 Å². The van der Waals surface area contributed by atoms with Crippen LogP contribution in [0, 0.1) is 0 Å². The highest BCUT2D eigenvalue weighted by molar-refractivity contribution is 6.30. The predicted octanol–water partition coefficient (Wildman–Crippen LogP) is 3.69. The van der Waals surface area contributed by atoms with Gasteiger partial charge in [-0.15, -0.1) is 0 Å². The molecular weight excluding hydrogens is 408 g/mol. The van der Waals surface area contributed by atoms with Gasteiger partial charge in [-0.05, 0) is 48.9 Å². The maximum Gasteiger partial charge on any atom is 0.222 e. The Hall–Kier alpha value is -2.83. The highest BCUT2D eigenvalue weighted by Crippen LogP contribution is 2.30. The molecule has 7 heteroatoms. The summed E-state index contributed by atoms with van der Waals surface area (Å²) in [5, 5.41) is 0.768. The average molecular weight is 435 g/mol. The number of benzene rings is 2. The number of hydrogen-bond acceptors (Lipinski definition) is 6. The third-order valence-electron chi connectivity index (χ3n) is 6.24. The topological polar surface area (TPSA) is 61.5 Å². The monoisotopic (exact) mass is 434 g/mol. The lowest BCUT2D eigenvalue weighted by Gasteiger charge is -2.33. The van der Waals surface area contributed by atoms with Crippen LogP contribution in [-0.2, 0) is 13.0 Å². The number of halogens is 1. The SMILES string of the molecule is CN1CCN(c2cc(-c3ccc4c(c3)CN(c3cccc(Cl)c3)CC4)nc(N)n2)CC1. The van der Waals surface area contributed by atoms with Crippen molar-refractivity contribution in [2.24, 2.45) is 0 Å². The second-order valence-corrected chi connectivity index (χ2v) is 8.83. The van der Waals surface area contributed by atoms with Crippen LogP contribution in [0.25, 0.3) is 11.3 Å². The molecule has 3 heterocycles. The van der Waals surface area contributed by atoms with Crippen LogP contribution in [0.2, 0.25) is 5.02 Å². The van der Waals surface area contributed by atoms with E-state index in [0.29, 0.717) is 5.95 Å². The van der Waals surface area contributed by atoms with Gasteiger partial charge in [-0.2, -0.15) is 4.98 Å². The number of nitrogens with zero attached hydrogens (tertiary/aromatic N) is 5. The van der Waals surface area contributed by atoms with Crippen LogP contribution in [0.4, 0.5) is 17.5 Å². The molecule has 31 heavy (non-hydrogen) atoms. The first kappa shape index (κ1) is 20.1. The molecule has 6 nitrogen and oxygen atoms in total. The van der Waals surface area contributed by atoms with Gasteiger partial charge in [-0.1, -0.05) is 29.8 Å². The zero-order valence-electron chi connectivity index (χ0n) is 17.8. The van der Waals surface area contributed by atoms with Crippen molar-refractivity contribution in [3.05, 3.63) is 64.7 Å². The Morgan fingerprint density at radius 2 is 1.71 bits per heavy atom. The van der Waals surface area contributed by atoms with Crippen molar-refractivity contribution in [3.63, 3.8) is 0 Å². The standard InChI is InChI=1S/C24H27ClN6/c1-29-9-11-30(12-10-29)23-15-22(27-24(26)28-23)18-6-5-17-7-8-31(16-19(17)13-18)21-4-2-3-20(25)14-21/h2-6,13-15H,7-12,16H2,1H3,(H2,26,27,28). The number of nitrogen functional groups attached to an aromatic ring is 1. The molecule has 0 unspecified atom stereocenters. The number of nitrogens with two attached hydrogens (primary N) is 1. The van der Waals surface area contributed by atoms with Crippen LogP contribution in [0.5, 0.6) is 0 Å². The summed E-state index contributed by atoms with van der Waals surface area (Å²) in [7, 11) is 2.15. The summed E-state index contributed by atoms with van der Waals surface area (Å²) in [6.45, 7) is 5.79. The lowest BCUT2D eigenvalue weighted by atomic mass is 9.96. The average Bonchev–Trinajstić information content (AvgIpc) is 2.78. The van der Waals surface area contributed by atoms with Crippen molar-refractivity contribution >= 4 is 29.1 Å². The third-order valence-corrected chi connectivity index (χ3v) is 6.48. The highest BCUT2D eigenvalue weighted by atomic mass is 35.5. The van der Waals surface area contributed by atoms with Crippen LogP contribution in [0.15, 0.2) is 48.5 Å². The number of rotatable bonds is 3. The fraction of sp³-hybridized carbons (Fsp3) is 0.333. The van der Waals surface area contributed by atoms with E-state index >= 15 is 0 Å². The predicted molar refractivity (Wildman–Crippen MR) is 128 cm³/mol. The molecule has 2 aromatic carbocycles. The Kier molecular flexibility index (Phi) is 5.42. The van der Waals surface area contributed by atoms with Crippen molar-refractivity contribution in [1.82, 2.24) is 14.9 Å². The normalized spacial score (nSPS) is 17.0. The molecule has 3 aromatic rings. The zero-order valence-corrected chi connectivity index (χ0v) is 18.5. The lowest BCUT2D eigenvalue weighted by molar-refractivity contribution is 0.312. The van der Waals surface area contributed by atoms with Gasteiger partial charge in [-0.25, -0.2) is 4.98 Å². The Bertz CT molecular complexity index is 1090. The molecule has 0 amide bonds. The largest absolute Gasteiger partial charge is 0.368 e.